The van der Waals surface area contributed by atoms with Crippen molar-refractivity contribution >= 4 is 38.9 Å². The Morgan fingerprint density at radius 3 is 2.89 bits per heavy atom. The molecule has 0 bridgehead atoms. The molecular formula is C14H13BrN2OS. The molecule has 3 rings (SSSR count). The first-order valence-corrected chi connectivity index (χ1v) is 7.67. The van der Waals surface area contributed by atoms with Gasteiger partial charge in [-0.15, -0.1) is 11.3 Å². The Balaban J connectivity index is 1.86. The normalized spacial score (nSPS) is 14.3. The van der Waals surface area contributed by atoms with Gasteiger partial charge in [-0.25, -0.2) is 0 Å². The third-order valence-corrected chi connectivity index (χ3v) is 4.99. The Kier molecular flexibility index (Phi) is 3.33. The van der Waals surface area contributed by atoms with Crippen molar-refractivity contribution in [2.45, 2.75) is 13.0 Å². The standard InChI is InChI=1S/C14H13BrN2OS/c15-13-5-4-12(19-13)14(18)17-7-6-9-2-1-3-11(16)10(9)8-17/h1-5H,6-8,16H2. The molecule has 0 spiro atoms. The second-order valence-electron chi connectivity index (χ2n) is 4.57. The highest BCUT2D eigenvalue weighted by atomic mass is 79.9. The van der Waals surface area contributed by atoms with Crippen molar-refractivity contribution in [2.24, 2.45) is 0 Å². The molecule has 1 aromatic heterocycles. The van der Waals surface area contributed by atoms with Crippen LogP contribution in [0.15, 0.2) is 34.1 Å². The molecule has 0 saturated heterocycles. The van der Waals surface area contributed by atoms with E-state index in [2.05, 4.69) is 22.0 Å². The highest BCUT2D eigenvalue weighted by molar-refractivity contribution is 9.11. The highest BCUT2D eigenvalue weighted by Gasteiger charge is 2.23. The van der Waals surface area contributed by atoms with Crippen LogP contribution in [0.1, 0.15) is 20.8 Å². The van der Waals surface area contributed by atoms with Crippen LogP contribution < -0.4 is 5.73 Å². The van der Waals surface area contributed by atoms with Gasteiger partial charge in [-0.3, -0.25) is 4.79 Å². The molecule has 0 aliphatic carbocycles. The Bertz CT molecular complexity index is 638. The highest BCUT2D eigenvalue weighted by Crippen LogP contribution is 2.28. The Morgan fingerprint density at radius 2 is 2.16 bits per heavy atom. The van der Waals surface area contributed by atoms with Gasteiger partial charge in [0, 0.05) is 18.8 Å². The Morgan fingerprint density at radius 1 is 1.32 bits per heavy atom. The lowest BCUT2D eigenvalue weighted by atomic mass is 9.98. The second kappa shape index (κ2) is 4.98. The molecule has 0 unspecified atom stereocenters. The van der Waals surface area contributed by atoms with Crippen molar-refractivity contribution in [3.63, 3.8) is 0 Å². The molecule has 1 aliphatic heterocycles. The number of rotatable bonds is 1. The third kappa shape index (κ3) is 2.40. The van der Waals surface area contributed by atoms with Gasteiger partial charge in [0.25, 0.3) is 5.91 Å². The number of amides is 1. The number of fused-ring (bicyclic) bond motifs is 1. The number of hydrogen-bond acceptors (Lipinski definition) is 3. The number of nitrogens with zero attached hydrogens (tertiary/aromatic N) is 1. The van der Waals surface area contributed by atoms with E-state index < -0.39 is 0 Å². The SMILES string of the molecule is Nc1cccc2c1CN(C(=O)c1ccc(Br)s1)CC2. The minimum atomic E-state index is 0.0876. The van der Waals surface area contributed by atoms with Crippen LogP contribution in [0.5, 0.6) is 0 Å². The first kappa shape index (κ1) is 12.7. The summed E-state index contributed by atoms with van der Waals surface area (Å²) in [4.78, 5) is 15.0. The van der Waals surface area contributed by atoms with Crippen LogP contribution >= 0.6 is 27.3 Å². The van der Waals surface area contributed by atoms with E-state index in [9.17, 15) is 4.79 Å². The molecule has 0 fully saturated rings. The molecule has 1 aromatic carbocycles. The summed E-state index contributed by atoms with van der Waals surface area (Å²) in [6, 6.07) is 9.73. The van der Waals surface area contributed by atoms with Gasteiger partial charge < -0.3 is 10.6 Å². The second-order valence-corrected chi connectivity index (χ2v) is 7.03. The number of hydrogen-bond donors (Lipinski definition) is 1. The number of nitrogens with two attached hydrogens (primary N) is 1. The van der Waals surface area contributed by atoms with Crippen molar-refractivity contribution < 1.29 is 4.79 Å². The number of thiophene rings is 1. The van der Waals surface area contributed by atoms with E-state index in [1.54, 1.807) is 0 Å². The molecule has 2 N–H and O–H groups in total. The number of halogens is 1. The summed E-state index contributed by atoms with van der Waals surface area (Å²) in [5.74, 6) is 0.0876. The summed E-state index contributed by atoms with van der Waals surface area (Å²) in [5, 5.41) is 0. The predicted octanol–water partition coefficient (Wildman–Crippen LogP) is 3.29. The maximum atomic E-state index is 12.4. The van der Waals surface area contributed by atoms with Crippen LogP contribution in [0.25, 0.3) is 0 Å². The minimum absolute atomic E-state index is 0.0876. The summed E-state index contributed by atoms with van der Waals surface area (Å²) < 4.78 is 0.979. The zero-order valence-corrected chi connectivity index (χ0v) is 12.6. The molecule has 98 valence electrons. The van der Waals surface area contributed by atoms with Gasteiger partial charge in [0.15, 0.2) is 0 Å². The largest absolute Gasteiger partial charge is 0.398 e. The van der Waals surface area contributed by atoms with Gasteiger partial charge in [0.1, 0.15) is 0 Å². The average Bonchev–Trinajstić information content (AvgIpc) is 2.85. The van der Waals surface area contributed by atoms with Gasteiger partial charge in [0.2, 0.25) is 0 Å². The lowest BCUT2D eigenvalue weighted by Crippen LogP contribution is -2.35. The number of anilines is 1. The average molecular weight is 337 g/mol. The fourth-order valence-corrected chi connectivity index (χ4v) is 3.72. The van der Waals surface area contributed by atoms with E-state index in [0.29, 0.717) is 6.54 Å². The molecule has 2 aromatic rings. The van der Waals surface area contributed by atoms with Gasteiger partial charge in [-0.1, -0.05) is 12.1 Å². The van der Waals surface area contributed by atoms with Crippen molar-refractivity contribution in [1.82, 2.24) is 4.90 Å². The van der Waals surface area contributed by atoms with Crippen molar-refractivity contribution in [3.05, 3.63) is 50.1 Å². The maximum absolute atomic E-state index is 12.4. The molecule has 19 heavy (non-hydrogen) atoms. The smallest absolute Gasteiger partial charge is 0.264 e. The van der Waals surface area contributed by atoms with E-state index >= 15 is 0 Å². The summed E-state index contributed by atoms with van der Waals surface area (Å²) in [7, 11) is 0. The first-order valence-electron chi connectivity index (χ1n) is 6.06. The van der Waals surface area contributed by atoms with Gasteiger partial charge in [0.05, 0.1) is 8.66 Å². The molecule has 5 heteroatoms. The van der Waals surface area contributed by atoms with Gasteiger partial charge in [-0.2, -0.15) is 0 Å². The molecule has 1 amide bonds. The number of benzene rings is 1. The molecular weight excluding hydrogens is 324 g/mol. The molecule has 0 radical (unpaired) electrons. The lowest BCUT2D eigenvalue weighted by molar-refractivity contribution is 0.0740. The topological polar surface area (TPSA) is 46.3 Å². The summed E-state index contributed by atoms with van der Waals surface area (Å²) in [6.45, 7) is 1.36. The zero-order chi connectivity index (χ0) is 13.4. The van der Waals surface area contributed by atoms with Crippen LogP contribution in [0.2, 0.25) is 0 Å². The Labute approximate surface area is 124 Å². The van der Waals surface area contributed by atoms with Gasteiger partial charge >= 0.3 is 0 Å². The number of nitrogen functional groups attached to an aromatic ring is 1. The number of carbonyl (C=O) groups is 1. The van der Waals surface area contributed by atoms with E-state index in [-0.39, 0.29) is 5.91 Å². The maximum Gasteiger partial charge on any atom is 0.264 e. The quantitative estimate of drug-likeness (QED) is 0.812. The van der Waals surface area contributed by atoms with Crippen LogP contribution in [-0.2, 0) is 13.0 Å². The van der Waals surface area contributed by atoms with Crippen LogP contribution in [-0.4, -0.2) is 17.4 Å². The summed E-state index contributed by atoms with van der Waals surface area (Å²) >= 11 is 4.86. The first-order chi connectivity index (χ1) is 9.15. The van der Waals surface area contributed by atoms with E-state index in [1.807, 2.05) is 29.2 Å². The molecule has 0 saturated carbocycles. The molecule has 1 aliphatic rings. The van der Waals surface area contributed by atoms with Crippen LogP contribution in [0, 0.1) is 0 Å². The van der Waals surface area contributed by atoms with Crippen LogP contribution in [0.3, 0.4) is 0 Å². The minimum Gasteiger partial charge on any atom is -0.398 e. The number of carbonyl (C=O) groups excluding carboxylic acids is 1. The van der Waals surface area contributed by atoms with E-state index in [4.69, 9.17) is 5.73 Å². The zero-order valence-electron chi connectivity index (χ0n) is 10.2. The predicted molar refractivity (Wildman–Crippen MR) is 81.3 cm³/mol. The van der Waals surface area contributed by atoms with E-state index in [0.717, 1.165) is 32.9 Å². The monoisotopic (exact) mass is 336 g/mol. The van der Waals surface area contributed by atoms with Crippen molar-refractivity contribution in [3.8, 4) is 0 Å². The van der Waals surface area contributed by atoms with Crippen molar-refractivity contribution in [2.75, 3.05) is 12.3 Å². The van der Waals surface area contributed by atoms with Crippen molar-refractivity contribution in [1.29, 1.82) is 0 Å². The summed E-state index contributed by atoms with van der Waals surface area (Å²) in [5.41, 5.74) is 9.14. The summed E-state index contributed by atoms with van der Waals surface area (Å²) in [6.07, 6.45) is 0.874. The van der Waals surface area contributed by atoms with Gasteiger partial charge in [-0.05, 0) is 51.7 Å². The van der Waals surface area contributed by atoms with E-state index in [1.165, 1.54) is 16.9 Å². The molecule has 0 atom stereocenters. The third-order valence-electron chi connectivity index (χ3n) is 3.38. The fraction of sp³-hybridized carbons (Fsp3) is 0.214. The molecule has 2 heterocycles. The molecule has 3 nitrogen and oxygen atoms in total. The Hall–Kier alpha value is -1.33. The lowest BCUT2D eigenvalue weighted by Gasteiger charge is -2.29. The fourth-order valence-electron chi connectivity index (χ4n) is 2.37. The van der Waals surface area contributed by atoms with Crippen LogP contribution in [0.4, 0.5) is 5.69 Å².